The van der Waals surface area contributed by atoms with Crippen molar-refractivity contribution in [2.45, 2.75) is 32.0 Å². The minimum absolute atomic E-state index is 0.155. The molecule has 0 amide bonds. The van der Waals surface area contributed by atoms with E-state index in [2.05, 4.69) is 4.98 Å². The van der Waals surface area contributed by atoms with E-state index in [9.17, 15) is 28.4 Å². The molecule has 9 heteroatoms. The Morgan fingerprint density at radius 3 is 2.54 bits per heavy atom. The van der Waals surface area contributed by atoms with Gasteiger partial charge in [-0.2, -0.15) is 24.9 Å². The highest BCUT2D eigenvalue weighted by atomic mass is 32.2. The number of aliphatic hydroxyl groups is 1. The van der Waals surface area contributed by atoms with Gasteiger partial charge in [-0.05, 0) is 24.8 Å². The third-order valence-electron chi connectivity index (χ3n) is 3.48. The zero-order chi connectivity index (χ0) is 18.1. The van der Waals surface area contributed by atoms with Gasteiger partial charge in [0.2, 0.25) is 0 Å². The van der Waals surface area contributed by atoms with E-state index in [0.29, 0.717) is 16.8 Å². The monoisotopic (exact) mass is 362 g/mol. The molecule has 2 rings (SSSR count). The summed E-state index contributed by atoms with van der Waals surface area (Å²) in [4.78, 5) is 12.7. The van der Waals surface area contributed by atoms with Crippen LogP contribution >= 0.6 is 11.8 Å². The fourth-order valence-electron chi connectivity index (χ4n) is 2.49. The summed E-state index contributed by atoms with van der Waals surface area (Å²) in [5, 5.41) is 21.5. The number of hydrogen-bond acceptors (Lipinski definition) is 4. The summed E-state index contributed by atoms with van der Waals surface area (Å²) in [6.45, 7) is 3.60. The van der Waals surface area contributed by atoms with Crippen molar-refractivity contribution < 1.29 is 23.2 Å². The third kappa shape index (κ3) is 4.21. The van der Waals surface area contributed by atoms with Crippen molar-refractivity contribution in [3.63, 3.8) is 0 Å². The van der Waals surface area contributed by atoms with Gasteiger partial charge in [-0.3, -0.25) is 10.1 Å². The second-order valence-electron chi connectivity index (χ2n) is 5.82. The number of H-pyrrole nitrogens is 1. The average Bonchev–Trinajstić information content (AvgIpc) is 2.83. The lowest BCUT2D eigenvalue weighted by molar-refractivity contribution is -0.387. The Balaban J connectivity index is 2.42. The molecule has 1 unspecified atom stereocenters. The maximum Gasteiger partial charge on any atom is 0.423 e. The first kappa shape index (κ1) is 18.6. The fraction of sp³-hybridized carbons (Fsp3) is 0.467. The van der Waals surface area contributed by atoms with Gasteiger partial charge in [-0.15, -0.1) is 0 Å². The van der Waals surface area contributed by atoms with Gasteiger partial charge >= 0.3 is 6.18 Å². The van der Waals surface area contributed by atoms with E-state index >= 15 is 0 Å². The quantitative estimate of drug-likeness (QED) is 0.598. The van der Waals surface area contributed by atoms with Gasteiger partial charge < -0.3 is 10.1 Å². The van der Waals surface area contributed by atoms with Gasteiger partial charge in [0.1, 0.15) is 5.56 Å². The van der Waals surface area contributed by atoms with Crippen LogP contribution in [0.3, 0.4) is 0 Å². The zero-order valence-corrected chi connectivity index (χ0v) is 13.9. The number of hydrogen-bond donors (Lipinski definition) is 2. The van der Waals surface area contributed by atoms with Crippen molar-refractivity contribution in [1.82, 2.24) is 4.98 Å². The van der Waals surface area contributed by atoms with Crippen LogP contribution < -0.4 is 0 Å². The van der Waals surface area contributed by atoms with Gasteiger partial charge in [0.25, 0.3) is 5.69 Å². The van der Waals surface area contributed by atoms with E-state index in [1.165, 1.54) is 6.07 Å². The number of nitrogens with zero attached hydrogens (tertiary/aromatic N) is 1. The Morgan fingerprint density at radius 1 is 1.33 bits per heavy atom. The van der Waals surface area contributed by atoms with Crippen LogP contribution in [0.25, 0.3) is 10.9 Å². The van der Waals surface area contributed by atoms with Crippen molar-refractivity contribution in [3.8, 4) is 0 Å². The lowest BCUT2D eigenvalue weighted by Gasteiger charge is -2.21. The minimum Gasteiger partial charge on any atom is -0.389 e. The van der Waals surface area contributed by atoms with Crippen molar-refractivity contribution in [3.05, 3.63) is 39.6 Å². The van der Waals surface area contributed by atoms with Gasteiger partial charge in [0.05, 0.1) is 10.5 Å². The molecule has 1 atom stereocenters. The predicted octanol–water partition coefficient (Wildman–Crippen LogP) is 4.14. The standard InChI is InChI=1S/C15H17F3N2O3S/c1-3-24-8-14(2,21)7-10-4-9-5-13(20(22)23)11(15(16,17)18)6-12(9)19-10/h4-6,19,21H,3,7-8H2,1-2H3. The molecule has 132 valence electrons. The molecule has 0 radical (unpaired) electrons. The molecule has 0 saturated carbocycles. The predicted molar refractivity (Wildman–Crippen MR) is 87.3 cm³/mol. The lowest BCUT2D eigenvalue weighted by Crippen LogP contribution is -2.30. The molecule has 0 fully saturated rings. The normalized spacial score (nSPS) is 14.8. The topological polar surface area (TPSA) is 79.2 Å². The minimum atomic E-state index is -4.81. The van der Waals surface area contributed by atoms with E-state index in [4.69, 9.17) is 0 Å². The van der Waals surface area contributed by atoms with Crippen LogP contribution in [-0.2, 0) is 12.6 Å². The molecule has 0 spiro atoms. The molecule has 0 aliphatic carbocycles. The first-order valence-electron chi connectivity index (χ1n) is 7.21. The number of nitrogens with one attached hydrogen (secondary N) is 1. The Kier molecular flexibility index (Phi) is 5.14. The van der Waals surface area contributed by atoms with E-state index < -0.39 is 28.0 Å². The third-order valence-corrected chi connectivity index (χ3v) is 4.72. The number of benzene rings is 1. The highest BCUT2D eigenvalue weighted by molar-refractivity contribution is 7.99. The first-order chi connectivity index (χ1) is 11.0. The Labute approximate surface area is 140 Å². The van der Waals surface area contributed by atoms with Crippen LogP contribution in [0.15, 0.2) is 18.2 Å². The van der Waals surface area contributed by atoms with E-state index in [-0.39, 0.29) is 11.9 Å². The molecule has 0 saturated heterocycles. The van der Waals surface area contributed by atoms with E-state index in [1.54, 1.807) is 18.7 Å². The number of alkyl halides is 3. The largest absolute Gasteiger partial charge is 0.423 e. The summed E-state index contributed by atoms with van der Waals surface area (Å²) in [6, 6.07) is 3.19. The van der Waals surface area contributed by atoms with Crippen LogP contribution in [0.4, 0.5) is 18.9 Å². The lowest BCUT2D eigenvalue weighted by atomic mass is 10.0. The van der Waals surface area contributed by atoms with Gasteiger partial charge in [0.15, 0.2) is 0 Å². The van der Waals surface area contributed by atoms with Crippen molar-refractivity contribution >= 4 is 28.4 Å². The maximum absolute atomic E-state index is 13.0. The number of rotatable bonds is 6. The molecule has 0 aliphatic heterocycles. The Morgan fingerprint density at radius 2 is 2.00 bits per heavy atom. The molecular weight excluding hydrogens is 345 g/mol. The summed E-state index contributed by atoms with van der Waals surface area (Å²) in [5.74, 6) is 1.32. The molecule has 5 nitrogen and oxygen atoms in total. The molecule has 2 N–H and O–H groups in total. The molecule has 1 aromatic carbocycles. The molecule has 0 aliphatic rings. The second kappa shape index (κ2) is 6.64. The van der Waals surface area contributed by atoms with E-state index in [1.807, 2.05) is 6.92 Å². The molecular formula is C15H17F3N2O3S. The van der Waals surface area contributed by atoms with Crippen molar-refractivity contribution in [2.75, 3.05) is 11.5 Å². The Bertz CT molecular complexity index is 756. The highest BCUT2D eigenvalue weighted by Crippen LogP contribution is 2.38. The van der Waals surface area contributed by atoms with Gasteiger partial charge in [-0.1, -0.05) is 6.92 Å². The van der Waals surface area contributed by atoms with Crippen LogP contribution in [0.1, 0.15) is 25.1 Å². The smallest absolute Gasteiger partial charge is 0.389 e. The van der Waals surface area contributed by atoms with Crippen molar-refractivity contribution in [1.29, 1.82) is 0 Å². The Hall–Kier alpha value is -1.74. The van der Waals surface area contributed by atoms with Crippen LogP contribution in [0, 0.1) is 10.1 Å². The summed E-state index contributed by atoms with van der Waals surface area (Å²) >= 11 is 1.55. The highest BCUT2D eigenvalue weighted by Gasteiger charge is 2.38. The summed E-state index contributed by atoms with van der Waals surface area (Å²) < 4.78 is 39.0. The molecule has 2 aromatic rings. The second-order valence-corrected chi connectivity index (χ2v) is 7.09. The fourth-order valence-corrected chi connectivity index (χ4v) is 3.23. The van der Waals surface area contributed by atoms with Crippen LogP contribution in [-0.4, -0.2) is 32.1 Å². The van der Waals surface area contributed by atoms with Gasteiger partial charge in [-0.25, -0.2) is 0 Å². The molecule has 0 bridgehead atoms. The number of nitro benzene ring substituents is 1. The number of thioether (sulfide) groups is 1. The summed E-state index contributed by atoms with van der Waals surface area (Å²) in [6.07, 6.45) is -4.60. The summed E-state index contributed by atoms with van der Waals surface area (Å²) in [5.41, 5.74) is -2.61. The molecule has 1 heterocycles. The number of aromatic nitrogens is 1. The maximum atomic E-state index is 13.0. The zero-order valence-electron chi connectivity index (χ0n) is 13.1. The van der Waals surface area contributed by atoms with Gasteiger partial charge in [0, 0.05) is 34.8 Å². The average molecular weight is 362 g/mol. The molecule has 24 heavy (non-hydrogen) atoms. The number of fused-ring (bicyclic) bond motifs is 1. The number of aromatic amines is 1. The number of halogens is 3. The van der Waals surface area contributed by atoms with E-state index in [0.717, 1.165) is 17.9 Å². The van der Waals surface area contributed by atoms with Crippen molar-refractivity contribution in [2.24, 2.45) is 0 Å². The van der Waals surface area contributed by atoms with Crippen LogP contribution in [0.2, 0.25) is 0 Å². The molecule has 1 aromatic heterocycles. The number of nitro groups is 1. The van der Waals surface area contributed by atoms with Crippen LogP contribution in [0.5, 0.6) is 0 Å². The summed E-state index contributed by atoms with van der Waals surface area (Å²) in [7, 11) is 0. The first-order valence-corrected chi connectivity index (χ1v) is 8.36. The SMILES string of the molecule is CCSCC(C)(O)Cc1cc2cc([N+](=O)[O-])c(C(F)(F)F)cc2[nH]1.